The lowest BCUT2D eigenvalue weighted by molar-refractivity contribution is -0.121. The molecule has 134 valence electrons. The van der Waals surface area contributed by atoms with Gasteiger partial charge in [0, 0.05) is 13.6 Å². The summed E-state index contributed by atoms with van der Waals surface area (Å²) >= 11 is 0. The first-order chi connectivity index (χ1) is 11.9. The number of likely N-dealkylation sites (N-methyl/N-ethyl adjacent to an activating group) is 1. The van der Waals surface area contributed by atoms with Crippen molar-refractivity contribution in [3.05, 3.63) is 65.7 Å². The van der Waals surface area contributed by atoms with Crippen LogP contribution in [0.4, 0.5) is 0 Å². The Kier molecular flexibility index (Phi) is 6.73. The number of benzene rings is 2. The molecule has 0 aliphatic heterocycles. The summed E-state index contributed by atoms with van der Waals surface area (Å²) < 4.78 is 25.8. The molecule has 0 aliphatic carbocycles. The predicted octanol–water partition coefficient (Wildman–Crippen LogP) is 2.36. The standard InChI is InChI=1S/C19H24N2O3S/c1-16-10-12-17(13-11-16)7-6-14-20-19(22)15-21(2)25(23,24)18-8-4-3-5-9-18/h3-5,8-13H,6-7,14-15H2,1-2H3,(H,20,22). The van der Waals surface area contributed by atoms with E-state index in [-0.39, 0.29) is 17.3 Å². The fraction of sp³-hybridized carbons (Fsp3) is 0.316. The molecule has 0 saturated heterocycles. The Balaban J connectivity index is 1.77. The van der Waals surface area contributed by atoms with Crippen LogP contribution < -0.4 is 5.32 Å². The van der Waals surface area contributed by atoms with E-state index in [0.717, 1.165) is 17.1 Å². The zero-order chi connectivity index (χ0) is 18.3. The molecule has 0 aromatic heterocycles. The second-order valence-electron chi connectivity index (χ2n) is 6.01. The van der Waals surface area contributed by atoms with Gasteiger partial charge in [0.1, 0.15) is 0 Å². The van der Waals surface area contributed by atoms with Gasteiger partial charge in [0.25, 0.3) is 0 Å². The Labute approximate surface area is 149 Å². The van der Waals surface area contributed by atoms with E-state index in [0.29, 0.717) is 6.54 Å². The summed E-state index contributed by atoms with van der Waals surface area (Å²) in [6.45, 7) is 2.37. The zero-order valence-electron chi connectivity index (χ0n) is 14.6. The van der Waals surface area contributed by atoms with Gasteiger partial charge in [-0.2, -0.15) is 4.31 Å². The van der Waals surface area contributed by atoms with E-state index in [2.05, 4.69) is 29.6 Å². The fourth-order valence-electron chi connectivity index (χ4n) is 2.39. The Morgan fingerprint density at radius 2 is 1.68 bits per heavy atom. The van der Waals surface area contributed by atoms with E-state index in [1.165, 1.54) is 30.3 Å². The number of nitrogens with zero attached hydrogens (tertiary/aromatic N) is 1. The van der Waals surface area contributed by atoms with E-state index in [4.69, 9.17) is 0 Å². The van der Waals surface area contributed by atoms with Gasteiger partial charge in [-0.1, -0.05) is 48.0 Å². The average molecular weight is 360 g/mol. The van der Waals surface area contributed by atoms with Gasteiger partial charge in [-0.05, 0) is 37.5 Å². The first kappa shape index (κ1) is 19.1. The zero-order valence-corrected chi connectivity index (χ0v) is 15.4. The fourth-order valence-corrected chi connectivity index (χ4v) is 3.54. The van der Waals surface area contributed by atoms with Gasteiger partial charge in [0.15, 0.2) is 0 Å². The van der Waals surface area contributed by atoms with Gasteiger partial charge in [-0.25, -0.2) is 8.42 Å². The summed E-state index contributed by atoms with van der Waals surface area (Å²) in [4.78, 5) is 12.2. The van der Waals surface area contributed by atoms with Crippen LogP contribution in [0, 0.1) is 6.92 Å². The van der Waals surface area contributed by atoms with Crippen molar-refractivity contribution in [3.8, 4) is 0 Å². The highest BCUT2D eigenvalue weighted by Crippen LogP contribution is 2.12. The van der Waals surface area contributed by atoms with E-state index in [1.54, 1.807) is 18.2 Å². The smallest absolute Gasteiger partial charge is 0.243 e. The molecule has 1 N–H and O–H groups in total. The van der Waals surface area contributed by atoms with Gasteiger partial charge >= 0.3 is 0 Å². The lowest BCUT2D eigenvalue weighted by atomic mass is 10.1. The monoisotopic (exact) mass is 360 g/mol. The van der Waals surface area contributed by atoms with Crippen LogP contribution in [0.5, 0.6) is 0 Å². The third kappa shape index (κ3) is 5.69. The van der Waals surface area contributed by atoms with Crippen molar-refractivity contribution in [1.29, 1.82) is 0 Å². The van der Waals surface area contributed by atoms with Crippen molar-refractivity contribution in [2.24, 2.45) is 0 Å². The Morgan fingerprint density at radius 3 is 2.32 bits per heavy atom. The molecule has 0 saturated carbocycles. The maximum atomic E-state index is 12.4. The van der Waals surface area contributed by atoms with Crippen molar-refractivity contribution in [1.82, 2.24) is 9.62 Å². The molecule has 0 bridgehead atoms. The van der Waals surface area contributed by atoms with Crippen LogP contribution >= 0.6 is 0 Å². The van der Waals surface area contributed by atoms with Crippen molar-refractivity contribution in [3.63, 3.8) is 0 Å². The molecule has 0 spiro atoms. The molecule has 2 aromatic rings. The minimum absolute atomic E-state index is 0.185. The number of nitrogens with one attached hydrogen (secondary N) is 1. The number of sulfonamides is 1. The third-order valence-corrected chi connectivity index (χ3v) is 5.72. The van der Waals surface area contributed by atoms with Gasteiger partial charge in [0.2, 0.25) is 15.9 Å². The number of carbonyl (C=O) groups excluding carboxylic acids is 1. The van der Waals surface area contributed by atoms with Crippen LogP contribution in [-0.2, 0) is 21.2 Å². The van der Waals surface area contributed by atoms with Crippen molar-refractivity contribution in [2.75, 3.05) is 20.1 Å². The molecule has 0 fully saturated rings. The molecule has 1 amide bonds. The molecule has 0 aliphatic rings. The summed E-state index contributed by atoms with van der Waals surface area (Å²) in [7, 11) is -2.23. The summed E-state index contributed by atoms with van der Waals surface area (Å²) in [5.74, 6) is -0.300. The number of hydrogen-bond donors (Lipinski definition) is 1. The van der Waals surface area contributed by atoms with Gasteiger partial charge in [-0.15, -0.1) is 0 Å². The van der Waals surface area contributed by atoms with Gasteiger partial charge in [0.05, 0.1) is 11.4 Å². The van der Waals surface area contributed by atoms with E-state index in [1.807, 2.05) is 6.92 Å². The average Bonchev–Trinajstić information content (AvgIpc) is 2.61. The predicted molar refractivity (Wildman–Crippen MR) is 98.8 cm³/mol. The third-order valence-electron chi connectivity index (χ3n) is 3.90. The topological polar surface area (TPSA) is 66.5 Å². The van der Waals surface area contributed by atoms with Crippen LogP contribution in [-0.4, -0.2) is 38.8 Å². The van der Waals surface area contributed by atoms with Crippen molar-refractivity contribution >= 4 is 15.9 Å². The van der Waals surface area contributed by atoms with Crippen LogP contribution in [0.3, 0.4) is 0 Å². The lowest BCUT2D eigenvalue weighted by Gasteiger charge is -2.16. The Hall–Kier alpha value is -2.18. The summed E-state index contributed by atoms with van der Waals surface area (Å²) in [5.41, 5.74) is 2.45. The summed E-state index contributed by atoms with van der Waals surface area (Å²) in [5, 5.41) is 2.77. The number of rotatable bonds is 8. The number of amides is 1. The van der Waals surface area contributed by atoms with Crippen LogP contribution in [0.2, 0.25) is 0 Å². The molecule has 6 heteroatoms. The number of hydrogen-bond acceptors (Lipinski definition) is 3. The molecule has 2 rings (SSSR count). The second kappa shape index (κ2) is 8.78. The van der Waals surface area contributed by atoms with Gasteiger partial charge in [-0.3, -0.25) is 4.79 Å². The van der Waals surface area contributed by atoms with Crippen molar-refractivity contribution < 1.29 is 13.2 Å². The number of carbonyl (C=O) groups is 1. The molecule has 5 nitrogen and oxygen atoms in total. The minimum atomic E-state index is -3.64. The summed E-state index contributed by atoms with van der Waals surface area (Å²) in [6.07, 6.45) is 1.68. The Morgan fingerprint density at radius 1 is 1.04 bits per heavy atom. The lowest BCUT2D eigenvalue weighted by Crippen LogP contribution is -2.38. The number of aryl methyl sites for hydroxylation is 2. The van der Waals surface area contributed by atoms with Crippen molar-refractivity contribution in [2.45, 2.75) is 24.7 Å². The highest BCUT2D eigenvalue weighted by atomic mass is 32.2. The molecule has 0 unspecified atom stereocenters. The van der Waals surface area contributed by atoms with Crippen LogP contribution in [0.15, 0.2) is 59.5 Å². The molecule has 0 radical (unpaired) electrons. The molecule has 25 heavy (non-hydrogen) atoms. The highest BCUT2D eigenvalue weighted by molar-refractivity contribution is 7.89. The molecule has 0 heterocycles. The maximum Gasteiger partial charge on any atom is 0.243 e. The van der Waals surface area contributed by atoms with E-state index >= 15 is 0 Å². The molecule has 2 aromatic carbocycles. The SMILES string of the molecule is Cc1ccc(CCCNC(=O)CN(C)S(=O)(=O)c2ccccc2)cc1. The Bertz CT molecular complexity index is 787. The second-order valence-corrected chi connectivity index (χ2v) is 8.06. The van der Waals surface area contributed by atoms with E-state index < -0.39 is 10.0 Å². The maximum absolute atomic E-state index is 12.4. The van der Waals surface area contributed by atoms with Crippen LogP contribution in [0.25, 0.3) is 0 Å². The normalized spacial score (nSPS) is 11.5. The highest BCUT2D eigenvalue weighted by Gasteiger charge is 2.22. The molecular formula is C19H24N2O3S. The largest absolute Gasteiger partial charge is 0.355 e. The minimum Gasteiger partial charge on any atom is -0.355 e. The molecule has 0 atom stereocenters. The first-order valence-electron chi connectivity index (χ1n) is 8.23. The molecular weight excluding hydrogens is 336 g/mol. The quantitative estimate of drug-likeness (QED) is 0.735. The van der Waals surface area contributed by atoms with Gasteiger partial charge < -0.3 is 5.32 Å². The van der Waals surface area contributed by atoms with E-state index in [9.17, 15) is 13.2 Å². The van der Waals surface area contributed by atoms with Crippen LogP contribution in [0.1, 0.15) is 17.5 Å². The summed E-state index contributed by atoms with van der Waals surface area (Å²) in [6, 6.07) is 16.4. The first-order valence-corrected chi connectivity index (χ1v) is 9.67.